The molecule has 6 aromatic rings. The fourth-order valence-electron chi connectivity index (χ4n) is 6.45. The highest BCUT2D eigenvalue weighted by Gasteiger charge is 2.49. The van der Waals surface area contributed by atoms with Crippen LogP contribution in [0.1, 0.15) is 50.7 Å². The molecule has 0 amide bonds. The van der Waals surface area contributed by atoms with Gasteiger partial charge in [-0.15, -0.1) is 0 Å². The predicted molar refractivity (Wildman–Crippen MR) is 192 cm³/mol. The maximum Gasteiger partial charge on any atom is 0.534 e. The van der Waals surface area contributed by atoms with Crippen molar-refractivity contribution in [3.8, 4) is 11.5 Å². The van der Waals surface area contributed by atoms with Crippen LogP contribution in [0, 0.1) is 0 Å². The molecule has 6 rings (SSSR count). The summed E-state index contributed by atoms with van der Waals surface area (Å²) < 4.78 is 137. The number of halogens is 8. The molecule has 0 saturated carbocycles. The quantitative estimate of drug-likeness (QED) is 0.0593. The van der Waals surface area contributed by atoms with Gasteiger partial charge in [0.2, 0.25) is 0 Å². The lowest BCUT2D eigenvalue weighted by Gasteiger charge is -2.20. The van der Waals surface area contributed by atoms with Crippen LogP contribution < -0.4 is 8.37 Å². The molecule has 0 aliphatic rings. The standard InChI is InChI=1S/C36H28Cl2F6O6S2/c1-3-5-7-19-9-11-21-25(17-19)31-23(13-15-27(33(31)37)49-51(45,46)35(39,40)41)30-24-14-16-28(50-52(47,48)36(42,43)44)34(38)32(24)26-18-20(8-6-4-2)10-12-22(26)29(21)30/h9-18H,3-8H2,1-2H3. The molecular formula is C36H28Cl2F6O6S2. The fourth-order valence-corrected chi connectivity index (χ4v) is 8.09. The van der Waals surface area contributed by atoms with Crippen LogP contribution in [0.4, 0.5) is 26.3 Å². The summed E-state index contributed by atoms with van der Waals surface area (Å²) in [6.45, 7) is 4.02. The second-order valence-electron chi connectivity index (χ2n) is 12.3. The number of benzene rings is 6. The summed E-state index contributed by atoms with van der Waals surface area (Å²) in [7, 11) is -12.2. The van der Waals surface area contributed by atoms with Crippen LogP contribution >= 0.6 is 23.2 Å². The normalized spacial score (nSPS) is 13.2. The van der Waals surface area contributed by atoms with Gasteiger partial charge in [0.05, 0.1) is 10.0 Å². The molecule has 6 aromatic carbocycles. The van der Waals surface area contributed by atoms with Gasteiger partial charge in [-0.05, 0) is 104 Å². The fraction of sp³-hybridized carbons (Fsp3) is 0.278. The molecule has 0 N–H and O–H groups in total. The second kappa shape index (κ2) is 13.6. The highest BCUT2D eigenvalue weighted by Crippen LogP contribution is 2.50. The topological polar surface area (TPSA) is 86.7 Å². The third kappa shape index (κ3) is 6.56. The second-order valence-corrected chi connectivity index (χ2v) is 16.1. The Labute approximate surface area is 304 Å². The minimum Gasteiger partial charge on any atom is -0.374 e. The van der Waals surface area contributed by atoms with Crippen LogP contribution in [0.3, 0.4) is 0 Å². The lowest BCUT2D eigenvalue weighted by molar-refractivity contribution is -0.0504. The monoisotopic (exact) mass is 804 g/mol. The van der Waals surface area contributed by atoms with E-state index in [0.29, 0.717) is 55.9 Å². The molecule has 0 aromatic heterocycles. The van der Waals surface area contributed by atoms with Crippen molar-refractivity contribution in [1.29, 1.82) is 0 Å². The number of hydrogen-bond donors (Lipinski definition) is 0. The van der Waals surface area contributed by atoms with E-state index >= 15 is 0 Å². The number of rotatable bonds is 10. The summed E-state index contributed by atoms with van der Waals surface area (Å²) in [5.41, 5.74) is -9.73. The van der Waals surface area contributed by atoms with E-state index in [2.05, 4.69) is 8.37 Å². The van der Waals surface area contributed by atoms with Crippen LogP contribution in [-0.2, 0) is 33.1 Å². The first-order chi connectivity index (χ1) is 24.3. The van der Waals surface area contributed by atoms with Gasteiger partial charge in [-0.1, -0.05) is 86.3 Å². The molecule has 0 saturated heterocycles. The first-order valence-corrected chi connectivity index (χ1v) is 19.6. The number of alkyl halides is 6. The van der Waals surface area contributed by atoms with Gasteiger partial charge in [0.1, 0.15) is 0 Å². The van der Waals surface area contributed by atoms with E-state index in [4.69, 9.17) is 23.2 Å². The minimum absolute atomic E-state index is 0.147. The van der Waals surface area contributed by atoms with E-state index in [9.17, 15) is 43.2 Å². The summed E-state index contributed by atoms with van der Waals surface area (Å²) in [5.74, 6) is -1.55. The van der Waals surface area contributed by atoms with Gasteiger partial charge in [0, 0.05) is 10.8 Å². The maximum atomic E-state index is 13.4. The number of hydrogen-bond acceptors (Lipinski definition) is 6. The van der Waals surface area contributed by atoms with Gasteiger partial charge in [0.15, 0.2) is 11.5 Å². The Morgan fingerprint density at radius 2 is 0.865 bits per heavy atom. The summed E-state index contributed by atoms with van der Waals surface area (Å²) in [5, 5.41) is 3.23. The lowest BCUT2D eigenvalue weighted by atomic mass is 9.85. The molecule has 0 fully saturated rings. The SMILES string of the molecule is CCCCc1ccc2c(c1)c1c(Cl)c(OS(=O)(=O)C(F)(F)F)ccc1c1c3ccc(OS(=O)(=O)C(F)(F)F)c(Cl)c3c3cc(CCCC)ccc3c21. The van der Waals surface area contributed by atoms with Crippen molar-refractivity contribution in [1.82, 2.24) is 0 Å². The largest absolute Gasteiger partial charge is 0.534 e. The Bertz CT molecular complexity index is 2460. The first kappa shape index (κ1) is 38.0. The Morgan fingerprint density at radius 1 is 0.519 bits per heavy atom. The highest BCUT2D eigenvalue weighted by molar-refractivity contribution is 7.88. The van der Waals surface area contributed by atoms with E-state index in [-0.39, 0.29) is 10.8 Å². The zero-order chi connectivity index (χ0) is 38.0. The molecular weight excluding hydrogens is 777 g/mol. The van der Waals surface area contributed by atoms with Gasteiger partial charge in [0.25, 0.3) is 0 Å². The van der Waals surface area contributed by atoms with E-state index in [1.807, 2.05) is 50.2 Å². The van der Waals surface area contributed by atoms with Crippen LogP contribution in [-0.4, -0.2) is 27.9 Å². The number of unbranched alkanes of at least 4 members (excludes halogenated alkanes) is 2. The van der Waals surface area contributed by atoms with Gasteiger partial charge in [-0.2, -0.15) is 43.2 Å². The van der Waals surface area contributed by atoms with Crippen molar-refractivity contribution < 1.29 is 51.5 Å². The molecule has 0 bridgehead atoms. The van der Waals surface area contributed by atoms with E-state index in [1.165, 1.54) is 12.1 Å². The predicted octanol–water partition coefficient (Wildman–Crippen LogP) is 11.9. The van der Waals surface area contributed by atoms with Crippen LogP contribution in [0.2, 0.25) is 10.0 Å². The molecule has 6 nitrogen and oxygen atoms in total. The Kier molecular flexibility index (Phi) is 9.95. The molecule has 16 heteroatoms. The maximum absolute atomic E-state index is 13.4. The van der Waals surface area contributed by atoms with Crippen molar-refractivity contribution in [2.75, 3.05) is 0 Å². The molecule has 52 heavy (non-hydrogen) atoms. The van der Waals surface area contributed by atoms with Gasteiger partial charge in [-0.25, -0.2) is 0 Å². The third-order valence-electron chi connectivity index (χ3n) is 8.85. The number of fused-ring (bicyclic) bond motifs is 11. The summed E-state index contributed by atoms with van der Waals surface area (Å²) >= 11 is 13.5. The molecule has 0 radical (unpaired) electrons. The molecule has 0 atom stereocenters. The van der Waals surface area contributed by atoms with E-state index in [1.54, 1.807) is 0 Å². The average Bonchev–Trinajstić information content (AvgIpc) is 3.06. The van der Waals surface area contributed by atoms with Crippen molar-refractivity contribution in [3.63, 3.8) is 0 Å². The average molecular weight is 806 g/mol. The Balaban J connectivity index is 1.82. The van der Waals surface area contributed by atoms with Crippen molar-refractivity contribution >= 4 is 97.3 Å². The Morgan fingerprint density at radius 3 is 1.21 bits per heavy atom. The van der Waals surface area contributed by atoms with Crippen molar-refractivity contribution in [3.05, 3.63) is 81.8 Å². The van der Waals surface area contributed by atoms with Crippen LogP contribution in [0.5, 0.6) is 11.5 Å². The molecule has 276 valence electrons. The zero-order valence-corrected chi connectivity index (χ0v) is 30.5. The summed E-state index contributed by atoms with van der Waals surface area (Å²) in [4.78, 5) is 0. The van der Waals surface area contributed by atoms with E-state index in [0.717, 1.165) is 48.9 Å². The van der Waals surface area contributed by atoms with Crippen LogP contribution in [0.15, 0.2) is 60.7 Å². The van der Waals surface area contributed by atoms with Crippen molar-refractivity contribution in [2.24, 2.45) is 0 Å². The van der Waals surface area contributed by atoms with Gasteiger partial charge < -0.3 is 8.37 Å². The highest BCUT2D eigenvalue weighted by atomic mass is 35.5. The number of aryl methyl sites for hydroxylation is 2. The van der Waals surface area contributed by atoms with Crippen molar-refractivity contribution in [2.45, 2.75) is 63.4 Å². The lowest BCUT2D eigenvalue weighted by Crippen LogP contribution is -2.28. The summed E-state index contributed by atoms with van der Waals surface area (Å²) in [6.07, 6.45) is 4.70. The smallest absolute Gasteiger partial charge is 0.374 e. The zero-order valence-electron chi connectivity index (χ0n) is 27.3. The van der Waals surface area contributed by atoms with E-state index < -0.39 is 52.8 Å². The minimum atomic E-state index is -6.11. The molecule has 0 aliphatic heterocycles. The molecule has 0 aliphatic carbocycles. The molecule has 0 spiro atoms. The van der Waals surface area contributed by atoms with Crippen LogP contribution in [0.25, 0.3) is 53.9 Å². The molecule has 0 heterocycles. The third-order valence-corrected chi connectivity index (χ3v) is 11.5. The Hall–Kier alpha value is -3.72. The first-order valence-electron chi connectivity index (χ1n) is 16.0. The molecule has 0 unspecified atom stereocenters. The summed E-state index contributed by atoms with van der Waals surface area (Å²) in [6, 6.07) is 15.8. The van der Waals surface area contributed by atoms with Gasteiger partial charge in [-0.3, -0.25) is 0 Å². The van der Waals surface area contributed by atoms with Gasteiger partial charge >= 0.3 is 31.3 Å².